The molecular formula is C13H19ClN2O2. The average Bonchev–Trinajstić information content (AvgIpc) is 2.75. The zero-order chi connectivity index (χ0) is 12.3. The van der Waals surface area contributed by atoms with E-state index in [1.807, 2.05) is 19.1 Å². The molecule has 1 aliphatic rings. The first kappa shape index (κ1) is 15.0. The van der Waals surface area contributed by atoms with E-state index < -0.39 is 0 Å². The van der Waals surface area contributed by atoms with Crippen LogP contribution in [-0.4, -0.2) is 24.7 Å². The molecule has 3 N–H and O–H groups in total. The van der Waals surface area contributed by atoms with Crippen molar-refractivity contribution >= 4 is 18.3 Å². The maximum atomic E-state index is 11.9. The highest BCUT2D eigenvalue weighted by atomic mass is 35.5. The summed E-state index contributed by atoms with van der Waals surface area (Å²) in [6.45, 7) is 3.20. The number of hydrogen-bond donors (Lipinski definition) is 2. The smallest absolute Gasteiger partial charge is 0.251 e. The summed E-state index contributed by atoms with van der Waals surface area (Å²) < 4.78 is 5.41. The van der Waals surface area contributed by atoms with Gasteiger partial charge in [0.15, 0.2) is 0 Å². The maximum Gasteiger partial charge on any atom is 0.251 e. The Balaban J connectivity index is 0.00000162. The van der Waals surface area contributed by atoms with Crippen molar-refractivity contribution in [2.45, 2.75) is 32.0 Å². The van der Waals surface area contributed by atoms with Crippen molar-refractivity contribution in [1.82, 2.24) is 5.32 Å². The van der Waals surface area contributed by atoms with Crippen molar-refractivity contribution in [3.63, 3.8) is 0 Å². The fourth-order valence-electron chi connectivity index (χ4n) is 1.97. The van der Waals surface area contributed by atoms with E-state index in [1.54, 1.807) is 12.1 Å². The summed E-state index contributed by atoms with van der Waals surface area (Å²) in [5.41, 5.74) is 7.20. The summed E-state index contributed by atoms with van der Waals surface area (Å²) in [7, 11) is 0. The first-order chi connectivity index (χ1) is 8.20. The van der Waals surface area contributed by atoms with Gasteiger partial charge in [0.1, 0.15) is 0 Å². The highest BCUT2D eigenvalue weighted by molar-refractivity contribution is 5.94. The molecule has 0 radical (unpaired) electrons. The number of carbonyl (C=O) groups excluding carboxylic acids is 1. The lowest BCUT2D eigenvalue weighted by Gasteiger charge is -2.16. The molecule has 0 spiro atoms. The van der Waals surface area contributed by atoms with Crippen LogP contribution in [0.25, 0.3) is 0 Å². The third kappa shape index (κ3) is 3.45. The van der Waals surface area contributed by atoms with Crippen LogP contribution in [0.4, 0.5) is 0 Å². The molecule has 1 aromatic carbocycles. The van der Waals surface area contributed by atoms with E-state index in [1.165, 1.54) is 0 Å². The Morgan fingerprint density at radius 2 is 2.11 bits per heavy atom. The van der Waals surface area contributed by atoms with Gasteiger partial charge in [0.2, 0.25) is 0 Å². The second kappa shape index (κ2) is 6.73. The van der Waals surface area contributed by atoms with Crippen LogP contribution < -0.4 is 11.1 Å². The SMILES string of the molecule is CC1OCCC1NC(=O)c1ccc(CN)cc1.Cl. The lowest BCUT2D eigenvalue weighted by Crippen LogP contribution is -2.39. The predicted octanol–water partition coefficient (Wildman–Crippen LogP) is 1.47. The van der Waals surface area contributed by atoms with E-state index in [0.717, 1.165) is 18.6 Å². The van der Waals surface area contributed by atoms with Crippen molar-refractivity contribution in [3.05, 3.63) is 35.4 Å². The fourth-order valence-corrected chi connectivity index (χ4v) is 1.97. The number of hydrogen-bond acceptors (Lipinski definition) is 3. The third-order valence-electron chi connectivity index (χ3n) is 3.14. The molecule has 2 rings (SSSR count). The number of ether oxygens (including phenoxy) is 1. The van der Waals surface area contributed by atoms with Crippen LogP contribution in [-0.2, 0) is 11.3 Å². The van der Waals surface area contributed by atoms with E-state index in [4.69, 9.17) is 10.5 Å². The average molecular weight is 271 g/mol. The van der Waals surface area contributed by atoms with Crippen LogP contribution >= 0.6 is 12.4 Å². The van der Waals surface area contributed by atoms with Crippen molar-refractivity contribution in [3.8, 4) is 0 Å². The lowest BCUT2D eigenvalue weighted by molar-refractivity contribution is 0.0866. The minimum Gasteiger partial charge on any atom is -0.376 e. The Kier molecular flexibility index (Phi) is 5.59. The third-order valence-corrected chi connectivity index (χ3v) is 3.14. The number of nitrogens with two attached hydrogens (primary N) is 1. The summed E-state index contributed by atoms with van der Waals surface area (Å²) in [4.78, 5) is 11.9. The fraction of sp³-hybridized carbons (Fsp3) is 0.462. The Morgan fingerprint density at radius 1 is 1.44 bits per heavy atom. The number of carbonyl (C=O) groups is 1. The van der Waals surface area contributed by atoms with E-state index in [2.05, 4.69) is 5.32 Å². The van der Waals surface area contributed by atoms with Gasteiger partial charge in [-0.05, 0) is 31.0 Å². The van der Waals surface area contributed by atoms with Crippen LogP contribution in [0.5, 0.6) is 0 Å². The Bertz CT molecular complexity index is 394. The second-order valence-electron chi connectivity index (χ2n) is 4.35. The van der Waals surface area contributed by atoms with Crippen LogP contribution in [0.1, 0.15) is 29.3 Å². The molecule has 0 aromatic heterocycles. The topological polar surface area (TPSA) is 64.3 Å². The molecule has 0 aliphatic carbocycles. The Morgan fingerprint density at radius 3 is 2.61 bits per heavy atom. The normalized spacial score (nSPS) is 22.3. The molecule has 18 heavy (non-hydrogen) atoms. The van der Waals surface area contributed by atoms with Gasteiger partial charge in [-0.25, -0.2) is 0 Å². The van der Waals surface area contributed by atoms with Crippen LogP contribution in [0.15, 0.2) is 24.3 Å². The quantitative estimate of drug-likeness (QED) is 0.874. The van der Waals surface area contributed by atoms with Crippen LogP contribution in [0.2, 0.25) is 0 Å². The number of nitrogens with one attached hydrogen (secondary N) is 1. The first-order valence-corrected chi connectivity index (χ1v) is 5.92. The molecule has 0 saturated carbocycles. The van der Waals surface area contributed by atoms with E-state index in [9.17, 15) is 4.79 Å². The van der Waals surface area contributed by atoms with Gasteiger partial charge in [-0.1, -0.05) is 12.1 Å². The van der Waals surface area contributed by atoms with Gasteiger partial charge in [-0.2, -0.15) is 0 Å². The van der Waals surface area contributed by atoms with Gasteiger partial charge >= 0.3 is 0 Å². The highest BCUT2D eigenvalue weighted by Crippen LogP contribution is 2.13. The minimum atomic E-state index is -0.0454. The molecule has 100 valence electrons. The zero-order valence-electron chi connectivity index (χ0n) is 10.4. The zero-order valence-corrected chi connectivity index (χ0v) is 11.2. The summed E-state index contributed by atoms with van der Waals surface area (Å²) in [6.07, 6.45) is 0.982. The summed E-state index contributed by atoms with van der Waals surface area (Å²) in [6, 6.07) is 7.49. The molecular weight excluding hydrogens is 252 g/mol. The van der Waals surface area contributed by atoms with Crippen molar-refractivity contribution in [1.29, 1.82) is 0 Å². The molecule has 4 nitrogen and oxygen atoms in total. The summed E-state index contributed by atoms with van der Waals surface area (Å²) in [5.74, 6) is -0.0454. The second-order valence-corrected chi connectivity index (χ2v) is 4.35. The van der Waals surface area contributed by atoms with Gasteiger partial charge in [-0.3, -0.25) is 4.79 Å². The highest BCUT2D eigenvalue weighted by Gasteiger charge is 2.25. The number of amides is 1. The Labute approximate surface area is 113 Å². The minimum absolute atomic E-state index is 0. The van der Waals surface area contributed by atoms with Crippen LogP contribution in [0.3, 0.4) is 0 Å². The Hall–Kier alpha value is -1.10. The molecule has 1 heterocycles. The van der Waals surface area contributed by atoms with Crippen molar-refractivity contribution in [2.24, 2.45) is 5.73 Å². The van der Waals surface area contributed by atoms with Crippen molar-refractivity contribution < 1.29 is 9.53 Å². The molecule has 1 saturated heterocycles. The molecule has 5 heteroatoms. The first-order valence-electron chi connectivity index (χ1n) is 5.92. The van der Waals surface area contributed by atoms with Gasteiger partial charge in [0, 0.05) is 18.7 Å². The molecule has 2 unspecified atom stereocenters. The monoisotopic (exact) mass is 270 g/mol. The molecule has 1 fully saturated rings. The predicted molar refractivity (Wildman–Crippen MR) is 72.9 cm³/mol. The molecule has 1 aromatic rings. The van der Waals surface area contributed by atoms with Gasteiger partial charge in [0.05, 0.1) is 12.1 Å². The van der Waals surface area contributed by atoms with Gasteiger partial charge in [0.25, 0.3) is 5.91 Å². The molecule has 0 bridgehead atoms. The number of halogens is 1. The van der Waals surface area contributed by atoms with E-state index >= 15 is 0 Å². The molecule has 2 atom stereocenters. The number of benzene rings is 1. The molecule has 1 amide bonds. The maximum absolute atomic E-state index is 11.9. The lowest BCUT2D eigenvalue weighted by atomic mass is 10.1. The largest absolute Gasteiger partial charge is 0.376 e. The summed E-state index contributed by atoms with van der Waals surface area (Å²) >= 11 is 0. The van der Waals surface area contributed by atoms with E-state index in [0.29, 0.717) is 12.1 Å². The summed E-state index contributed by atoms with van der Waals surface area (Å²) in [5, 5.41) is 2.99. The molecule has 1 aliphatic heterocycles. The van der Waals surface area contributed by atoms with Gasteiger partial charge < -0.3 is 15.8 Å². The van der Waals surface area contributed by atoms with Gasteiger partial charge in [-0.15, -0.1) is 12.4 Å². The van der Waals surface area contributed by atoms with Crippen LogP contribution in [0, 0.1) is 0 Å². The number of rotatable bonds is 3. The van der Waals surface area contributed by atoms with E-state index in [-0.39, 0.29) is 30.5 Å². The van der Waals surface area contributed by atoms with Crippen molar-refractivity contribution in [2.75, 3.05) is 6.61 Å². The standard InChI is InChI=1S/C13H18N2O2.ClH/c1-9-12(6-7-17-9)15-13(16)11-4-2-10(8-14)3-5-11;/h2-5,9,12H,6-8,14H2,1H3,(H,15,16);1H.